The van der Waals surface area contributed by atoms with Crippen LogP contribution in [0.3, 0.4) is 0 Å². The van der Waals surface area contributed by atoms with Crippen molar-refractivity contribution in [1.82, 2.24) is 10.2 Å². The maximum atomic E-state index is 3.59. The quantitative estimate of drug-likeness (QED) is 0.761. The Bertz CT molecular complexity index is 336. The standard InChI is InChI=1S/C16H28N2/c1-5-18(4)12-11-17-15(3)9-10-16-8-6-7-14(2)13-16/h6-8,13,15,17H,5,9-12H2,1-4H3. The van der Waals surface area contributed by atoms with Gasteiger partial charge in [-0.1, -0.05) is 36.8 Å². The van der Waals surface area contributed by atoms with Gasteiger partial charge in [-0.25, -0.2) is 0 Å². The molecule has 0 aromatic heterocycles. The van der Waals surface area contributed by atoms with Gasteiger partial charge in [-0.3, -0.25) is 0 Å². The van der Waals surface area contributed by atoms with Crippen LogP contribution in [0.5, 0.6) is 0 Å². The lowest BCUT2D eigenvalue weighted by molar-refractivity contribution is 0.339. The lowest BCUT2D eigenvalue weighted by atomic mass is 10.0. The first-order chi connectivity index (χ1) is 8.61. The Kier molecular flexibility index (Phi) is 6.99. The van der Waals surface area contributed by atoms with Crippen molar-refractivity contribution < 1.29 is 0 Å². The van der Waals surface area contributed by atoms with Gasteiger partial charge in [-0.15, -0.1) is 0 Å². The minimum atomic E-state index is 0.593. The van der Waals surface area contributed by atoms with Crippen LogP contribution in [0.1, 0.15) is 31.4 Å². The molecule has 102 valence electrons. The molecule has 0 aliphatic carbocycles. The van der Waals surface area contributed by atoms with Crippen LogP contribution in [-0.2, 0) is 6.42 Å². The molecule has 1 N–H and O–H groups in total. The molecule has 0 radical (unpaired) electrons. The van der Waals surface area contributed by atoms with E-state index in [0.29, 0.717) is 6.04 Å². The van der Waals surface area contributed by atoms with Gasteiger partial charge in [0, 0.05) is 19.1 Å². The highest BCUT2D eigenvalue weighted by molar-refractivity contribution is 5.22. The van der Waals surface area contributed by atoms with Gasteiger partial charge in [0.1, 0.15) is 0 Å². The largest absolute Gasteiger partial charge is 0.313 e. The smallest absolute Gasteiger partial charge is 0.0104 e. The monoisotopic (exact) mass is 248 g/mol. The van der Waals surface area contributed by atoms with Crippen molar-refractivity contribution in [3.63, 3.8) is 0 Å². The normalized spacial score (nSPS) is 12.9. The number of benzene rings is 1. The fourth-order valence-corrected chi connectivity index (χ4v) is 2.01. The molecule has 1 atom stereocenters. The fourth-order valence-electron chi connectivity index (χ4n) is 2.01. The molecule has 0 aliphatic heterocycles. The highest BCUT2D eigenvalue weighted by Crippen LogP contribution is 2.07. The highest BCUT2D eigenvalue weighted by atomic mass is 15.1. The van der Waals surface area contributed by atoms with E-state index in [9.17, 15) is 0 Å². The Morgan fingerprint density at radius 2 is 2.11 bits per heavy atom. The van der Waals surface area contributed by atoms with Crippen molar-refractivity contribution in [2.45, 2.75) is 39.7 Å². The Morgan fingerprint density at radius 3 is 2.78 bits per heavy atom. The molecule has 2 heteroatoms. The maximum absolute atomic E-state index is 3.59. The number of aryl methyl sites for hydroxylation is 2. The number of rotatable bonds is 8. The topological polar surface area (TPSA) is 15.3 Å². The molecule has 0 spiro atoms. The van der Waals surface area contributed by atoms with E-state index in [0.717, 1.165) is 19.6 Å². The molecule has 0 fully saturated rings. The van der Waals surface area contributed by atoms with E-state index >= 15 is 0 Å². The Morgan fingerprint density at radius 1 is 1.33 bits per heavy atom. The van der Waals surface area contributed by atoms with Gasteiger partial charge in [0.15, 0.2) is 0 Å². The third-order valence-corrected chi connectivity index (χ3v) is 3.47. The van der Waals surface area contributed by atoms with Crippen LogP contribution in [-0.4, -0.2) is 37.6 Å². The number of nitrogens with zero attached hydrogens (tertiary/aromatic N) is 1. The third-order valence-electron chi connectivity index (χ3n) is 3.47. The zero-order chi connectivity index (χ0) is 13.4. The summed E-state index contributed by atoms with van der Waals surface area (Å²) in [7, 11) is 2.17. The van der Waals surface area contributed by atoms with Crippen molar-refractivity contribution in [3.8, 4) is 0 Å². The Hall–Kier alpha value is -0.860. The van der Waals surface area contributed by atoms with E-state index in [1.54, 1.807) is 0 Å². The molecule has 1 aromatic carbocycles. The molecule has 2 nitrogen and oxygen atoms in total. The van der Waals surface area contributed by atoms with Crippen LogP contribution in [0, 0.1) is 6.92 Å². The van der Waals surface area contributed by atoms with Crippen molar-refractivity contribution >= 4 is 0 Å². The predicted molar refractivity (Wildman–Crippen MR) is 80.1 cm³/mol. The number of likely N-dealkylation sites (N-methyl/N-ethyl adjacent to an activating group) is 1. The molecular formula is C16H28N2. The van der Waals surface area contributed by atoms with Gasteiger partial charge < -0.3 is 10.2 Å². The van der Waals surface area contributed by atoms with Crippen LogP contribution >= 0.6 is 0 Å². The zero-order valence-corrected chi connectivity index (χ0v) is 12.4. The van der Waals surface area contributed by atoms with Gasteiger partial charge in [-0.05, 0) is 45.8 Å². The average molecular weight is 248 g/mol. The first-order valence-electron chi connectivity index (χ1n) is 7.09. The molecule has 1 aromatic rings. The molecule has 0 aliphatic rings. The van der Waals surface area contributed by atoms with Gasteiger partial charge in [0.25, 0.3) is 0 Å². The van der Waals surface area contributed by atoms with E-state index in [1.165, 1.54) is 24.0 Å². The second-order valence-corrected chi connectivity index (χ2v) is 5.28. The molecule has 1 rings (SSSR count). The van der Waals surface area contributed by atoms with E-state index in [4.69, 9.17) is 0 Å². The fraction of sp³-hybridized carbons (Fsp3) is 0.625. The summed E-state index contributed by atoms with van der Waals surface area (Å²) in [5.41, 5.74) is 2.81. The summed E-state index contributed by atoms with van der Waals surface area (Å²) < 4.78 is 0. The van der Waals surface area contributed by atoms with E-state index in [-0.39, 0.29) is 0 Å². The molecule has 18 heavy (non-hydrogen) atoms. The molecule has 0 heterocycles. The second-order valence-electron chi connectivity index (χ2n) is 5.28. The summed E-state index contributed by atoms with van der Waals surface area (Å²) in [6.07, 6.45) is 2.37. The van der Waals surface area contributed by atoms with Crippen molar-refractivity contribution in [1.29, 1.82) is 0 Å². The third kappa shape index (κ3) is 6.18. The second kappa shape index (κ2) is 8.28. The Labute approximate surface area is 112 Å². The first-order valence-corrected chi connectivity index (χ1v) is 7.09. The molecule has 1 unspecified atom stereocenters. The first kappa shape index (κ1) is 15.2. The summed E-state index contributed by atoms with van der Waals surface area (Å²) in [6, 6.07) is 9.42. The summed E-state index contributed by atoms with van der Waals surface area (Å²) in [4.78, 5) is 2.33. The lowest BCUT2D eigenvalue weighted by Gasteiger charge is -2.18. The summed E-state index contributed by atoms with van der Waals surface area (Å²) in [6.45, 7) is 9.97. The van der Waals surface area contributed by atoms with Crippen LogP contribution in [0.25, 0.3) is 0 Å². The summed E-state index contributed by atoms with van der Waals surface area (Å²) >= 11 is 0. The summed E-state index contributed by atoms with van der Waals surface area (Å²) in [5, 5.41) is 3.59. The summed E-state index contributed by atoms with van der Waals surface area (Å²) in [5.74, 6) is 0. The minimum Gasteiger partial charge on any atom is -0.313 e. The van der Waals surface area contributed by atoms with E-state index in [2.05, 4.69) is 62.3 Å². The van der Waals surface area contributed by atoms with Crippen molar-refractivity contribution in [2.75, 3.05) is 26.7 Å². The maximum Gasteiger partial charge on any atom is 0.0104 e. The van der Waals surface area contributed by atoms with Crippen LogP contribution in [0.4, 0.5) is 0 Å². The number of hydrogen-bond acceptors (Lipinski definition) is 2. The van der Waals surface area contributed by atoms with Crippen molar-refractivity contribution in [3.05, 3.63) is 35.4 Å². The number of hydrogen-bond donors (Lipinski definition) is 1. The average Bonchev–Trinajstić information content (AvgIpc) is 2.36. The van der Waals surface area contributed by atoms with E-state index < -0.39 is 0 Å². The van der Waals surface area contributed by atoms with Crippen LogP contribution in [0.15, 0.2) is 24.3 Å². The van der Waals surface area contributed by atoms with Gasteiger partial charge in [0.05, 0.1) is 0 Å². The van der Waals surface area contributed by atoms with Gasteiger partial charge in [-0.2, -0.15) is 0 Å². The number of nitrogens with one attached hydrogen (secondary N) is 1. The lowest BCUT2D eigenvalue weighted by Crippen LogP contribution is -2.34. The van der Waals surface area contributed by atoms with Gasteiger partial charge in [0.2, 0.25) is 0 Å². The Balaban J connectivity index is 2.19. The SMILES string of the molecule is CCN(C)CCNC(C)CCc1cccc(C)c1. The van der Waals surface area contributed by atoms with Crippen LogP contribution in [0.2, 0.25) is 0 Å². The van der Waals surface area contributed by atoms with Crippen LogP contribution < -0.4 is 5.32 Å². The molecule has 0 amide bonds. The molecule has 0 saturated carbocycles. The molecule has 0 saturated heterocycles. The van der Waals surface area contributed by atoms with Gasteiger partial charge >= 0.3 is 0 Å². The zero-order valence-electron chi connectivity index (χ0n) is 12.4. The molecular weight excluding hydrogens is 220 g/mol. The van der Waals surface area contributed by atoms with Crippen molar-refractivity contribution in [2.24, 2.45) is 0 Å². The highest BCUT2D eigenvalue weighted by Gasteiger charge is 2.02. The minimum absolute atomic E-state index is 0.593. The predicted octanol–water partition coefficient (Wildman–Crippen LogP) is 2.86. The van der Waals surface area contributed by atoms with E-state index in [1.807, 2.05) is 0 Å². The molecule has 0 bridgehead atoms.